The zero-order valence-corrected chi connectivity index (χ0v) is 17.8. The first-order valence-corrected chi connectivity index (χ1v) is 10.9. The summed E-state index contributed by atoms with van der Waals surface area (Å²) in [7, 11) is 0. The molecule has 1 unspecified atom stereocenters. The van der Waals surface area contributed by atoms with Gasteiger partial charge in [0.15, 0.2) is 0 Å². The molecular weight excluding hydrogens is 386 g/mol. The Morgan fingerprint density at radius 2 is 1.97 bits per heavy atom. The molecule has 29 heavy (non-hydrogen) atoms. The van der Waals surface area contributed by atoms with Gasteiger partial charge in [-0.1, -0.05) is 0 Å². The van der Waals surface area contributed by atoms with Crippen LogP contribution in [-0.4, -0.2) is 45.7 Å². The van der Waals surface area contributed by atoms with Crippen LogP contribution in [-0.2, 0) is 0 Å². The van der Waals surface area contributed by atoms with Crippen LogP contribution in [0.4, 0.5) is 17.6 Å². The second kappa shape index (κ2) is 8.87. The predicted octanol–water partition coefficient (Wildman–Crippen LogP) is 3.73. The SMILES string of the molecule is CCOc1nc(Nc2ccc3nc(C)sc3c2)nc(NC(C)C2CCNCC2)n1. The van der Waals surface area contributed by atoms with Crippen molar-refractivity contribution in [3.05, 3.63) is 23.2 Å². The summed E-state index contributed by atoms with van der Waals surface area (Å²) >= 11 is 1.67. The first-order chi connectivity index (χ1) is 14.1. The standard InChI is InChI=1S/C20H27N7OS/c1-4-28-20-26-18(22-12(2)14-7-9-21-10-8-14)25-19(27-20)24-15-5-6-16-17(11-15)29-13(3)23-16/h5-6,11-12,14,21H,4,7-10H2,1-3H3,(H2,22,24,25,26,27). The summed E-state index contributed by atoms with van der Waals surface area (Å²) in [5.74, 6) is 1.59. The van der Waals surface area contributed by atoms with Crippen molar-refractivity contribution in [2.45, 2.75) is 39.7 Å². The Labute approximate surface area is 174 Å². The van der Waals surface area contributed by atoms with Gasteiger partial charge in [0.05, 0.1) is 21.8 Å². The van der Waals surface area contributed by atoms with E-state index in [1.54, 1.807) is 11.3 Å². The molecule has 0 saturated carbocycles. The molecule has 2 aromatic heterocycles. The van der Waals surface area contributed by atoms with Crippen molar-refractivity contribution in [1.82, 2.24) is 25.3 Å². The molecule has 1 aliphatic rings. The average molecular weight is 414 g/mol. The molecule has 4 rings (SSSR count). The zero-order chi connectivity index (χ0) is 20.2. The van der Waals surface area contributed by atoms with Crippen molar-refractivity contribution in [2.75, 3.05) is 30.3 Å². The van der Waals surface area contributed by atoms with Gasteiger partial charge >= 0.3 is 6.01 Å². The van der Waals surface area contributed by atoms with Crippen LogP contribution in [0, 0.1) is 12.8 Å². The Bertz CT molecular complexity index is 971. The van der Waals surface area contributed by atoms with E-state index < -0.39 is 0 Å². The molecule has 0 amide bonds. The van der Waals surface area contributed by atoms with Crippen LogP contribution in [0.3, 0.4) is 0 Å². The molecule has 3 N–H and O–H groups in total. The molecule has 0 spiro atoms. The van der Waals surface area contributed by atoms with E-state index in [1.807, 2.05) is 26.0 Å². The maximum absolute atomic E-state index is 5.57. The fourth-order valence-corrected chi connectivity index (χ4v) is 4.45. The largest absolute Gasteiger partial charge is 0.464 e. The topological polar surface area (TPSA) is 96.9 Å². The Hall–Kier alpha value is -2.52. The van der Waals surface area contributed by atoms with Crippen LogP contribution in [0.25, 0.3) is 10.2 Å². The molecule has 0 bridgehead atoms. The average Bonchev–Trinajstić information content (AvgIpc) is 3.08. The van der Waals surface area contributed by atoms with E-state index in [4.69, 9.17) is 4.74 Å². The molecule has 154 valence electrons. The van der Waals surface area contributed by atoms with Crippen molar-refractivity contribution in [3.8, 4) is 6.01 Å². The van der Waals surface area contributed by atoms with Crippen molar-refractivity contribution in [3.63, 3.8) is 0 Å². The number of thiazole rings is 1. The number of nitrogens with zero attached hydrogens (tertiary/aromatic N) is 4. The third-order valence-electron chi connectivity index (χ3n) is 5.09. The Morgan fingerprint density at radius 1 is 1.17 bits per heavy atom. The third-order valence-corrected chi connectivity index (χ3v) is 6.02. The summed E-state index contributed by atoms with van der Waals surface area (Å²) in [5.41, 5.74) is 1.91. The molecular formula is C20H27N7OS. The molecule has 1 saturated heterocycles. The van der Waals surface area contributed by atoms with E-state index in [0.29, 0.717) is 30.4 Å². The van der Waals surface area contributed by atoms with E-state index in [2.05, 4.69) is 48.9 Å². The molecule has 3 heterocycles. The Morgan fingerprint density at radius 3 is 2.76 bits per heavy atom. The second-order valence-electron chi connectivity index (χ2n) is 7.26. The lowest BCUT2D eigenvalue weighted by molar-refractivity contribution is 0.311. The number of aryl methyl sites for hydroxylation is 1. The number of hydrogen-bond donors (Lipinski definition) is 3. The van der Waals surface area contributed by atoms with E-state index in [-0.39, 0.29) is 6.04 Å². The van der Waals surface area contributed by atoms with Gasteiger partial charge in [-0.05, 0) is 70.8 Å². The van der Waals surface area contributed by atoms with E-state index in [9.17, 15) is 0 Å². The highest BCUT2D eigenvalue weighted by atomic mass is 32.1. The minimum Gasteiger partial charge on any atom is -0.464 e. The van der Waals surface area contributed by atoms with Crippen molar-refractivity contribution in [2.24, 2.45) is 5.92 Å². The Balaban J connectivity index is 1.54. The van der Waals surface area contributed by atoms with E-state index in [0.717, 1.165) is 46.8 Å². The number of nitrogens with one attached hydrogen (secondary N) is 3. The summed E-state index contributed by atoms with van der Waals surface area (Å²) in [6, 6.07) is 6.65. The molecule has 0 radical (unpaired) electrons. The lowest BCUT2D eigenvalue weighted by Crippen LogP contribution is -2.36. The van der Waals surface area contributed by atoms with Gasteiger partial charge in [0, 0.05) is 11.7 Å². The third kappa shape index (κ3) is 4.91. The highest BCUT2D eigenvalue weighted by Gasteiger charge is 2.21. The maximum Gasteiger partial charge on any atom is 0.323 e. The quantitative estimate of drug-likeness (QED) is 0.539. The summed E-state index contributed by atoms with van der Waals surface area (Å²) in [6.45, 7) is 8.74. The van der Waals surface area contributed by atoms with Gasteiger partial charge in [-0.2, -0.15) is 15.0 Å². The molecule has 1 atom stereocenters. The highest BCUT2D eigenvalue weighted by molar-refractivity contribution is 7.18. The fraction of sp³-hybridized carbons (Fsp3) is 0.500. The van der Waals surface area contributed by atoms with Gasteiger partial charge in [0.2, 0.25) is 11.9 Å². The van der Waals surface area contributed by atoms with Gasteiger partial charge in [-0.3, -0.25) is 0 Å². The number of hydrogen-bond acceptors (Lipinski definition) is 9. The normalized spacial score (nSPS) is 16.0. The number of rotatable bonds is 7. The maximum atomic E-state index is 5.57. The number of ether oxygens (including phenoxy) is 1. The molecule has 1 fully saturated rings. The second-order valence-corrected chi connectivity index (χ2v) is 8.49. The summed E-state index contributed by atoms with van der Waals surface area (Å²) in [5, 5.41) is 11.2. The number of anilines is 3. The number of fused-ring (bicyclic) bond motifs is 1. The minimum absolute atomic E-state index is 0.276. The monoisotopic (exact) mass is 413 g/mol. The van der Waals surface area contributed by atoms with Crippen molar-refractivity contribution < 1.29 is 4.74 Å². The Kier molecular flexibility index (Phi) is 6.05. The van der Waals surface area contributed by atoms with E-state index in [1.165, 1.54) is 0 Å². The van der Waals surface area contributed by atoms with Crippen LogP contribution >= 0.6 is 11.3 Å². The van der Waals surface area contributed by atoms with E-state index >= 15 is 0 Å². The lowest BCUT2D eigenvalue weighted by atomic mass is 9.91. The van der Waals surface area contributed by atoms with Crippen LogP contribution < -0.4 is 20.7 Å². The molecule has 1 aromatic carbocycles. The summed E-state index contributed by atoms with van der Waals surface area (Å²) in [6.07, 6.45) is 2.30. The molecule has 9 heteroatoms. The molecule has 1 aliphatic heterocycles. The smallest absolute Gasteiger partial charge is 0.323 e. The molecule has 8 nitrogen and oxygen atoms in total. The lowest BCUT2D eigenvalue weighted by Gasteiger charge is -2.28. The minimum atomic E-state index is 0.276. The van der Waals surface area contributed by atoms with Crippen LogP contribution in [0.1, 0.15) is 31.7 Å². The summed E-state index contributed by atoms with van der Waals surface area (Å²) < 4.78 is 6.69. The molecule has 0 aliphatic carbocycles. The fourth-order valence-electron chi connectivity index (χ4n) is 3.58. The number of benzene rings is 1. The van der Waals surface area contributed by atoms with Gasteiger partial charge in [-0.25, -0.2) is 4.98 Å². The van der Waals surface area contributed by atoms with Crippen LogP contribution in [0.15, 0.2) is 18.2 Å². The number of aromatic nitrogens is 4. The van der Waals surface area contributed by atoms with Gasteiger partial charge in [-0.15, -0.1) is 11.3 Å². The number of piperidine rings is 1. The summed E-state index contributed by atoms with van der Waals surface area (Å²) in [4.78, 5) is 17.9. The van der Waals surface area contributed by atoms with Crippen LogP contribution in [0.2, 0.25) is 0 Å². The first kappa shape index (κ1) is 19.8. The highest BCUT2D eigenvalue weighted by Crippen LogP contribution is 2.27. The van der Waals surface area contributed by atoms with Gasteiger partial charge in [0.25, 0.3) is 0 Å². The van der Waals surface area contributed by atoms with Gasteiger partial charge < -0.3 is 20.7 Å². The van der Waals surface area contributed by atoms with Gasteiger partial charge in [0.1, 0.15) is 0 Å². The zero-order valence-electron chi connectivity index (χ0n) is 17.0. The van der Waals surface area contributed by atoms with Crippen LogP contribution in [0.5, 0.6) is 6.01 Å². The molecule has 3 aromatic rings. The van der Waals surface area contributed by atoms with Crippen molar-refractivity contribution >= 4 is 39.1 Å². The predicted molar refractivity (Wildman–Crippen MR) is 117 cm³/mol. The van der Waals surface area contributed by atoms with Crippen molar-refractivity contribution in [1.29, 1.82) is 0 Å². The first-order valence-electron chi connectivity index (χ1n) is 10.1.